The van der Waals surface area contributed by atoms with Crippen molar-refractivity contribution < 1.29 is 4.74 Å². The Morgan fingerprint density at radius 1 is 0.897 bits per heavy atom. The number of H-pyrrole nitrogens is 1. The van der Waals surface area contributed by atoms with Gasteiger partial charge in [0.1, 0.15) is 11.6 Å². The number of nitriles is 1. The summed E-state index contributed by atoms with van der Waals surface area (Å²) in [5.41, 5.74) is 6.31. The van der Waals surface area contributed by atoms with Crippen LogP contribution in [0, 0.1) is 11.3 Å². The van der Waals surface area contributed by atoms with Crippen molar-refractivity contribution in [2.45, 2.75) is 12.8 Å². The molecule has 0 radical (unpaired) electrons. The molecule has 1 heterocycles. The monoisotopic (exact) mass is 379 g/mol. The van der Waals surface area contributed by atoms with Crippen LogP contribution in [-0.4, -0.2) is 17.1 Å². The predicted octanol–water partition coefficient (Wildman–Crippen LogP) is 5.14. The highest BCUT2D eigenvalue weighted by Gasteiger charge is 2.07. The zero-order valence-electron chi connectivity index (χ0n) is 16.2. The highest BCUT2D eigenvalue weighted by Crippen LogP contribution is 2.29. The van der Waals surface area contributed by atoms with Crippen LogP contribution in [-0.2, 0) is 12.8 Å². The fraction of sp³-hybridized carbons (Fsp3) is 0.120. The minimum absolute atomic E-state index is 0.676. The van der Waals surface area contributed by atoms with Gasteiger partial charge < -0.3 is 9.72 Å². The second kappa shape index (κ2) is 8.45. The number of imidazole rings is 1. The van der Waals surface area contributed by atoms with Gasteiger partial charge in [0.15, 0.2) is 0 Å². The summed E-state index contributed by atoms with van der Waals surface area (Å²) in [4.78, 5) is 7.93. The lowest BCUT2D eigenvalue weighted by molar-refractivity contribution is 0.416. The first-order valence-corrected chi connectivity index (χ1v) is 9.49. The SMILES string of the molecule is COc1ccccc1-c1ccc(Cc2ncc(Cc3ccc(C#N)cc3)[nH]2)cc1. The molecule has 1 N–H and O–H groups in total. The molecule has 0 saturated carbocycles. The van der Waals surface area contributed by atoms with E-state index in [2.05, 4.69) is 46.4 Å². The molecule has 0 aliphatic heterocycles. The van der Waals surface area contributed by atoms with E-state index in [1.165, 1.54) is 5.56 Å². The molecule has 142 valence electrons. The molecule has 0 aliphatic carbocycles. The van der Waals surface area contributed by atoms with Gasteiger partial charge >= 0.3 is 0 Å². The van der Waals surface area contributed by atoms with Gasteiger partial charge in [-0.05, 0) is 34.9 Å². The number of hydrogen-bond acceptors (Lipinski definition) is 3. The lowest BCUT2D eigenvalue weighted by atomic mass is 10.0. The lowest BCUT2D eigenvalue weighted by Crippen LogP contribution is -1.93. The molecule has 0 amide bonds. The van der Waals surface area contributed by atoms with Crippen LogP contribution in [0.25, 0.3) is 11.1 Å². The summed E-state index contributed by atoms with van der Waals surface area (Å²) in [5, 5.41) is 8.90. The Bertz CT molecular complexity index is 1140. The first-order chi connectivity index (χ1) is 14.2. The quantitative estimate of drug-likeness (QED) is 0.505. The van der Waals surface area contributed by atoms with Crippen molar-refractivity contribution in [3.8, 4) is 22.9 Å². The molecule has 29 heavy (non-hydrogen) atoms. The second-order valence-corrected chi connectivity index (χ2v) is 6.91. The Labute approximate surface area is 170 Å². The van der Waals surface area contributed by atoms with Gasteiger partial charge in [-0.25, -0.2) is 4.98 Å². The summed E-state index contributed by atoms with van der Waals surface area (Å²) in [7, 11) is 1.69. The van der Waals surface area contributed by atoms with Crippen molar-refractivity contribution >= 4 is 0 Å². The standard InChI is InChI=1S/C25H21N3O/c1-29-24-5-3-2-4-23(24)21-12-10-19(11-13-21)15-25-27-17-22(28-25)14-18-6-8-20(16-26)9-7-18/h2-13,17H,14-15H2,1H3,(H,27,28). The summed E-state index contributed by atoms with van der Waals surface area (Å²) >= 11 is 0. The summed E-state index contributed by atoms with van der Waals surface area (Å²) in [5.74, 6) is 1.82. The average molecular weight is 379 g/mol. The van der Waals surface area contributed by atoms with E-state index in [-0.39, 0.29) is 0 Å². The van der Waals surface area contributed by atoms with Crippen LogP contribution in [0.2, 0.25) is 0 Å². The summed E-state index contributed by atoms with van der Waals surface area (Å²) < 4.78 is 5.46. The molecule has 4 nitrogen and oxygen atoms in total. The van der Waals surface area contributed by atoms with E-state index >= 15 is 0 Å². The van der Waals surface area contributed by atoms with Crippen LogP contribution >= 0.6 is 0 Å². The van der Waals surface area contributed by atoms with Crippen LogP contribution in [0.5, 0.6) is 5.75 Å². The van der Waals surface area contributed by atoms with Crippen molar-refractivity contribution in [1.82, 2.24) is 9.97 Å². The second-order valence-electron chi connectivity index (χ2n) is 6.91. The Kier molecular flexibility index (Phi) is 5.40. The first kappa shape index (κ1) is 18.5. The molecule has 0 atom stereocenters. The number of nitrogens with one attached hydrogen (secondary N) is 1. The summed E-state index contributed by atoms with van der Waals surface area (Å²) in [6.07, 6.45) is 3.40. The van der Waals surface area contributed by atoms with Gasteiger partial charge in [-0.1, -0.05) is 54.6 Å². The molecule has 1 aromatic heterocycles. The lowest BCUT2D eigenvalue weighted by Gasteiger charge is -2.09. The van der Waals surface area contributed by atoms with Crippen molar-refractivity contribution in [2.75, 3.05) is 7.11 Å². The van der Waals surface area contributed by atoms with E-state index in [0.717, 1.165) is 46.8 Å². The Morgan fingerprint density at radius 3 is 2.31 bits per heavy atom. The van der Waals surface area contributed by atoms with E-state index in [4.69, 9.17) is 10.00 Å². The normalized spacial score (nSPS) is 10.5. The van der Waals surface area contributed by atoms with E-state index < -0.39 is 0 Å². The molecule has 4 rings (SSSR count). The maximum Gasteiger partial charge on any atom is 0.126 e. The van der Waals surface area contributed by atoms with Crippen molar-refractivity contribution in [2.24, 2.45) is 0 Å². The zero-order chi connectivity index (χ0) is 20.1. The smallest absolute Gasteiger partial charge is 0.126 e. The van der Waals surface area contributed by atoms with Crippen molar-refractivity contribution in [3.05, 3.63) is 107 Å². The van der Waals surface area contributed by atoms with E-state index in [1.807, 2.05) is 48.7 Å². The number of rotatable bonds is 6. The number of nitrogens with zero attached hydrogens (tertiary/aromatic N) is 2. The molecule has 0 saturated heterocycles. The van der Waals surface area contributed by atoms with Crippen LogP contribution < -0.4 is 4.74 Å². The van der Waals surface area contributed by atoms with Gasteiger partial charge in [0, 0.05) is 30.3 Å². The summed E-state index contributed by atoms with van der Waals surface area (Å²) in [6.45, 7) is 0. The number of ether oxygens (including phenoxy) is 1. The maximum atomic E-state index is 8.90. The van der Waals surface area contributed by atoms with Gasteiger partial charge in [0.05, 0.1) is 18.7 Å². The van der Waals surface area contributed by atoms with E-state index in [1.54, 1.807) is 7.11 Å². The Balaban J connectivity index is 1.44. The van der Waals surface area contributed by atoms with Crippen LogP contribution in [0.15, 0.2) is 79.0 Å². The number of benzene rings is 3. The summed E-state index contributed by atoms with van der Waals surface area (Å²) in [6, 6.07) is 26.3. The van der Waals surface area contributed by atoms with E-state index in [0.29, 0.717) is 5.56 Å². The van der Waals surface area contributed by atoms with Gasteiger partial charge in [0.25, 0.3) is 0 Å². The topological polar surface area (TPSA) is 61.7 Å². The van der Waals surface area contributed by atoms with Crippen molar-refractivity contribution in [3.63, 3.8) is 0 Å². The first-order valence-electron chi connectivity index (χ1n) is 9.49. The predicted molar refractivity (Wildman–Crippen MR) is 114 cm³/mol. The fourth-order valence-electron chi connectivity index (χ4n) is 3.38. The van der Waals surface area contributed by atoms with Gasteiger partial charge in [-0.2, -0.15) is 5.26 Å². The average Bonchev–Trinajstić information content (AvgIpc) is 3.21. The van der Waals surface area contributed by atoms with Crippen LogP contribution in [0.4, 0.5) is 0 Å². The largest absolute Gasteiger partial charge is 0.496 e. The Hall–Kier alpha value is -3.84. The number of hydrogen-bond donors (Lipinski definition) is 1. The number of aromatic amines is 1. The van der Waals surface area contributed by atoms with E-state index in [9.17, 15) is 0 Å². The molecule has 0 unspecified atom stereocenters. The fourth-order valence-corrected chi connectivity index (χ4v) is 3.38. The maximum absolute atomic E-state index is 8.90. The molecule has 0 aliphatic rings. The van der Waals surface area contributed by atoms with Crippen LogP contribution in [0.1, 0.15) is 28.2 Å². The molecule has 3 aromatic carbocycles. The molecule has 0 bridgehead atoms. The molecular weight excluding hydrogens is 358 g/mol. The molecule has 4 heteroatoms. The van der Waals surface area contributed by atoms with Gasteiger partial charge in [-0.3, -0.25) is 0 Å². The van der Waals surface area contributed by atoms with Crippen molar-refractivity contribution in [1.29, 1.82) is 5.26 Å². The third kappa shape index (κ3) is 4.36. The minimum atomic E-state index is 0.676. The number of para-hydroxylation sites is 1. The van der Waals surface area contributed by atoms with Crippen LogP contribution in [0.3, 0.4) is 0 Å². The highest BCUT2D eigenvalue weighted by molar-refractivity contribution is 5.70. The molecule has 0 fully saturated rings. The molecule has 0 spiro atoms. The number of methoxy groups -OCH3 is 1. The molecular formula is C25H21N3O. The third-order valence-corrected chi connectivity index (χ3v) is 4.90. The Morgan fingerprint density at radius 2 is 1.59 bits per heavy atom. The molecule has 4 aromatic rings. The highest BCUT2D eigenvalue weighted by atomic mass is 16.5. The van der Waals surface area contributed by atoms with Gasteiger partial charge in [0.2, 0.25) is 0 Å². The zero-order valence-corrected chi connectivity index (χ0v) is 16.2. The minimum Gasteiger partial charge on any atom is -0.496 e. The number of aromatic nitrogens is 2. The van der Waals surface area contributed by atoms with Gasteiger partial charge in [-0.15, -0.1) is 0 Å². The third-order valence-electron chi connectivity index (χ3n) is 4.90.